The summed E-state index contributed by atoms with van der Waals surface area (Å²) in [5, 5.41) is 10.7. The lowest BCUT2D eigenvalue weighted by molar-refractivity contribution is -0.161. The molecule has 0 rings (SSSR count). The number of ether oxygens (including phenoxy) is 4. The second kappa shape index (κ2) is 81.9. The molecule has 0 aliphatic heterocycles. The highest BCUT2D eigenvalue weighted by atomic mass is 31.2. The van der Waals surface area contributed by atoms with Crippen LogP contribution >= 0.6 is 15.6 Å². The maximum atomic E-state index is 13.2. The molecule has 3 N–H and O–H groups in total. The predicted octanol–water partition coefficient (Wildman–Crippen LogP) is 25.8. The van der Waals surface area contributed by atoms with Crippen molar-refractivity contribution >= 4 is 39.5 Å². The van der Waals surface area contributed by atoms with Gasteiger partial charge in [-0.15, -0.1) is 0 Å². The first kappa shape index (κ1) is 105. The third-order valence-electron chi connectivity index (χ3n) is 17.8. The SMILES string of the molecule is CC/C=C\C/C=C\C/C=C\C/C=C\CCCCCCCCC(=O)OCC(COP(=O)(O)OCC(O)COP(=O)(O)OCC(COC(=O)CCCCCC/C=C\C/C=C\C/C=C\C/C=C\CC)OC(=O)CCCCCCCCCCCCCCCCC)OC(=O)CCCCCCCC/C=C\C/C=C\C/C=C\C/C=C\CC. The molecule has 0 aromatic rings. The highest BCUT2D eigenvalue weighted by molar-refractivity contribution is 7.47. The maximum Gasteiger partial charge on any atom is 0.472 e. The number of unbranched alkanes of at least 4 members (excludes halogenated alkanes) is 30. The number of esters is 4. The molecule has 0 saturated carbocycles. The summed E-state index contributed by atoms with van der Waals surface area (Å²) in [6, 6.07) is 0. The molecule has 110 heavy (non-hydrogen) atoms. The zero-order chi connectivity index (χ0) is 80.3. The van der Waals surface area contributed by atoms with Crippen LogP contribution in [0.4, 0.5) is 0 Å². The van der Waals surface area contributed by atoms with Gasteiger partial charge in [0.1, 0.15) is 19.3 Å². The average Bonchev–Trinajstić information content (AvgIpc) is 0.900. The quantitative estimate of drug-likeness (QED) is 0.0169. The van der Waals surface area contributed by atoms with Crippen molar-refractivity contribution in [1.29, 1.82) is 0 Å². The van der Waals surface area contributed by atoms with Crippen LogP contribution < -0.4 is 0 Å². The molecule has 5 atom stereocenters. The van der Waals surface area contributed by atoms with Crippen LogP contribution in [0.1, 0.15) is 349 Å². The molecule has 5 unspecified atom stereocenters. The van der Waals surface area contributed by atoms with Crippen LogP contribution in [-0.4, -0.2) is 96.7 Å². The van der Waals surface area contributed by atoms with Crippen molar-refractivity contribution in [2.75, 3.05) is 39.6 Å². The minimum atomic E-state index is -5.00. The lowest BCUT2D eigenvalue weighted by atomic mass is 10.0. The number of allylic oxidation sites excluding steroid dienone is 24. The fraction of sp³-hybridized carbons (Fsp3) is 0.692. The van der Waals surface area contributed by atoms with E-state index >= 15 is 0 Å². The molecule has 0 aliphatic carbocycles. The minimum Gasteiger partial charge on any atom is -0.462 e. The smallest absolute Gasteiger partial charge is 0.462 e. The van der Waals surface area contributed by atoms with E-state index in [0.717, 1.165) is 205 Å². The topological polar surface area (TPSA) is 237 Å². The van der Waals surface area contributed by atoms with Crippen molar-refractivity contribution in [3.63, 3.8) is 0 Å². The summed E-state index contributed by atoms with van der Waals surface area (Å²) < 4.78 is 68.8. The van der Waals surface area contributed by atoms with E-state index in [9.17, 15) is 43.2 Å². The van der Waals surface area contributed by atoms with E-state index in [1.807, 2.05) is 0 Å². The Bertz CT molecular complexity index is 2650. The van der Waals surface area contributed by atoms with Gasteiger partial charge in [0.2, 0.25) is 0 Å². The van der Waals surface area contributed by atoms with Gasteiger partial charge >= 0.3 is 39.5 Å². The van der Waals surface area contributed by atoms with Gasteiger partial charge in [-0.25, -0.2) is 9.13 Å². The zero-order valence-electron chi connectivity index (χ0n) is 69.1. The van der Waals surface area contributed by atoms with Crippen molar-refractivity contribution in [3.05, 3.63) is 146 Å². The van der Waals surface area contributed by atoms with Crippen molar-refractivity contribution in [1.82, 2.24) is 0 Å². The Kier molecular flexibility index (Phi) is 78.2. The van der Waals surface area contributed by atoms with E-state index in [2.05, 4.69) is 174 Å². The van der Waals surface area contributed by atoms with Crippen LogP contribution in [0.3, 0.4) is 0 Å². The number of rotatable bonds is 80. The van der Waals surface area contributed by atoms with Gasteiger partial charge in [0.25, 0.3) is 0 Å². The number of carbonyl (C=O) groups excluding carboxylic acids is 4. The van der Waals surface area contributed by atoms with Gasteiger partial charge in [0.05, 0.1) is 26.4 Å². The summed E-state index contributed by atoms with van der Waals surface area (Å²) >= 11 is 0. The molecule has 0 aromatic carbocycles. The Morgan fingerprint density at radius 3 is 0.727 bits per heavy atom. The summed E-state index contributed by atoms with van der Waals surface area (Å²) in [7, 11) is -9.99. The van der Waals surface area contributed by atoms with Crippen molar-refractivity contribution < 1.29 is 80.2 Å². The number of carbonyl (C=O) groups is 4. The summed E-state index contributed by atoms with van der Waals surface area (Å²) in [5.74, 6) is -2.22. The molecule has 17 nitrogen and oxygen atoms in total. The number of aliphatic hydroxyl groups is 1. The van der Waals surface area contributed by atoms with Crippen LogP contribution in [0.2, 0.25) is 0 Å². The minimum absolute atomic E-state index is 0.0713. The number of hydrogen-bond donors (Lipinski definition) is 3. The van der Waals surface area contributed by atoms with Gasteiger partial charge in [0, 0.05) is 25.7 Å². The summed E-state index contributed by atoms with van der Waals surface area (Å²) in [5.41, 5.74) is 0. The first-order chi connectivity index (χ1) is 53.7. The summed E-state index contributed by atoms with van der Waals surface area (Å²) in [6.45, 7) is 4.53. The van der Waals surface area contributed by atoms with Gasteiger partial charge < -0.3 is 33.8 Å². The standard InChI is InChI=1S/C91H154O17P2/c1-5-9-13-17-21-25-29-33-37-40-42-45-49-52-56-60-64-68-72-76-89(94)102-82-87(108-91(96)78-74-70-66-62-58-54-50-46-43-41-38-34-30-26-22-18-14-10-6-2)84-106-110(99,100)104-80-85(92)79-103-109(97,98)105-83-86(107-90(95)77-73-69-65-61-57-53-47-36-32-28-24-20-16-12-8-4)81-101-88(93)75-71-67-63-59-55-51-48-44-39-35-31-27-23-19-15-11-7-3/h9-11,13-15,21-23,25-27,33-35,37-39,42-43,45-46,48,51,85-87,92H,5-8,12,16-20,24,28-32,36,40-41,44,47,49-50,52-84H2,1-4H3,(H,97,98)(H,99,100)/b13-9-,14-10-,15-11-,25-21-,26-22-,27-23-,37-33-,38-34-,39-35-,45-42-,46-43-,51-48-. The second-order valence-electron chi connectivity index (χ2n) is 28.3. The summed E-state index contributed by atoms with van der Waals surface area (Å²) in [6.07, 6.45) is 95.1. The van der Waals surface area contributed by atoms with Crippen LogP contribution in [0.5, 0.6) is 0 Å². The van der Waals surface area contributed by atoms with E-state index in [1.165, 1.54) is 64.2 Å². The fourth-order valence-electron chi connectivity index (χ4n) is 11.4. The predicted molar refractivity (Wildman–Crippen MR) is 454 cm³/mol. The molecule has 19 heteroatoms. The Morgan fingerprint density at radius 2 is 0.473 bits per heavy atom. The molecule has 0 heterocycles. The van der Waals surface area contributed by atoms with Crippen molar-refractivity contribution in [3.8, 4) is 0 Å². The molecule has 0 spiro atoms. The van der Waals surface area contributed by atoms with Gasteiger partial charge in [-0.05, 0) is 141 Å². The monoisotopic (exact) mass is 1580 g/mol. The first-order valence-electron chi connectivity index (χ1n) is 43.1. The molecule has 0 amide bonds. The molecule has 0 fully saturated rings. The fourth-order valence-corrected chi connectivity index (χ4v) is 13.0. The summed E-state index contributed by atoms with van der Waals surface area (Å²) in [4.78, 5) is 73.3. The van der Waals surface area contributed by atoms with Crippen LogP contribution in [0.15, 0.2) is 146 Å². The number of phosphoric acid groups is 2. The van der Waals surface area contributed by atoms with E-state index in [4.69, 9.17) is 37.0 Å². The van der Waals surface area contributed by atoms with Gasteiger partial charge in [-0.3, -0.25) is 37.3 Å². The number of phosphoric ester groups is 2. The van der Waals surface area contributed by atoms with E-state index in [1.54, 1.807) is 0 Å². The first-order valence-corrected chi connectivity index (χ1v) is 46.1. The third kappa shape index (κ3) is 81.0. The van der Waals surface area contributed by atoms with Crippen LogP contribution in [0, 0.1) is 0 Å². The lowest BCUT2D eigenvalue weighted by Crippen LogP contribution is -2.30. The highest BCUT2D eigenvalue weighted by Gasteiger charge is 2.30. The molecular weight excluding hydrogens is 1430 g/mol. The molecule has 0 aromatic heterocycles. The molecule has 0 aliphatic rings. The van der Waals surface area contributed by atoms with E-state index in [-0.39, 0.29) is 25.7 Å². The Morgan fingerprint density at radius 1 is 0.264 bits per heavy atom. The Balaban J connectivity index is 5.42. The van der Waals surface area contributed by atoms with Crippen LogP contribution in [-0.2, 0) is 65.4 Å². The highest BCUT2D eigenvalue weighted by Crippen LogP contribution is 2.45. The second-order valence-corrected chi connectivity index (χ2v) is 31.2. The molecular formula is C91H154O17P2. The molecule has 0 radical (unpaired) electrons. The molecule has 630 valence electrons. The van der Waals surface area contributed by atoms with E-state index < -0.39 is 97.5 Å². The van der Waals surface area contributed by atoms with Crippen LogP contribution in [0.25, 0.3) is 0 Å². The number of hydrogen-bond acceptors (Lipinski definition) is 15. The largest absolute Gasteiger partial charge is 0.472 e. The maximum absolute atomic E-state index is 13.2. The van der Waals surface area contributed by atoms with Gasteiger partial charge in [-0.2, -0.15) is 0 Å². The van der Waals surface area contributed by atoms with Crippen molar-refractivity contribution in [2.45, 2.75) is 367 Å². The van der Waals surface area contributed by atoms with Crippen molar-refractivity contribution in [2.24, 2.45) is 0 Å². The number of aliphatic hydroxyl groups excluding tert-OH is 1. The lowest BCUT2D eigenvalue weighted by Gasteiger charge is -2.21. The van der Waals surface area contributed by atoms with Gasteiger partial charge in [0.15, 0.2) is 12.2 Å². The zero-order valence-corrected chi connectivity index (χ0v) is 70.9. The van der Waals surface area contributed by atoms with Gasteiger partial charge in [-0.1, -0.05) is 328 Å². The Hall–Kier alpha value is -5.06. The average molecular weight is 1580 g/mol. The molecule has 0 saturated heterocycles. The Labute approximate surface area is 668 Å². The third-order valence-corrected chi connectivity index (χ3v) is 19.7. The normalized spacial score (nSPS) is 14.5. The van der Waals surface area contributed by atoms with E-state index in [0.29, 0.717) is 25.7 Å². The molecule has 0 bridgehead atoms.